The van der Waals surface area contributed by atoms with E-state index in [0.717, 1.165) is 23.1 Å². The average molecular weight is 651 g/mol. The summed E-state index contributed by atoms with van der Waals surface area (Å²) in [6.07, 6.45) is -8.49. The number of ether oxygens (including phenoxy) is 2. The van der Waals surface area contributed by atoms with Crippen LogP contribution in [0.25, 0.3) is 0 Å². The van der Waals surface area contributed by atoms with Gasteiger partial charge in [-0.2, -0.15) is 0 Å². The number of aliphatic hydroxyl groups is 6. The molecule has 2 heterocycles. The van der Waals surface area contributed by atoms with E-state index in [9.17, 15) is 40.2 Å². The summed E-state index contributed by atoms with van der Waals surface area (Å²) in [5.74, 6) is -1.16. The second-order valence-electron chi connectivity index (χ2n) is 11.4. The fourth-order valence-electron chi connectivity index (χ4n) is 5.16. The van der Waals surface area contributed by atoms with E-state index < -0.39 is 84.6 Å². The molecule has 15 heteroatoms. The van der Waals surface area contributed by atoms with E-state index in [4.69, 9.17) is 9.47 Å². The van der Waals surface area contributed by atoms with Gasteiger partial charge in [-0.25, -0.2) is 0 Å². The first-order chi connectivity index (χ1) is 21.4. The van der Waals surface area contributed by atoms with Crippen LogP contribution in [0.1, 0.15) is 20.7 Å². The second kappa shape index (κ2) is 15.1. The third kappa shape index (κ3) is 7.88. The van der Waals surface area contributed by atoms with E-state index in [1.54, 1.807) is 48.5 Å². The summed E-state index contributed by atoms with van der Waals surface area (Å²) < 4.78 is 11.5. The van der Waals surface area contributed by atoms with E-state index in [1.165, 1.54) is 0 Å². The van der Waals surface area contributed by atoms with Gasteiger partial charge in [0.1, 0.15) is 47.5 Å². The Morgan fingerprint density at radius 2 is 0.978 bits per heavy atom. The molecule has 0 aliphatic carbocycles. The van der Waals surface area contributed by atoms with Gasteiger partial charge in [0.25, 0.3) is 11.8 Å². The molecule has 2 fully saturated rings. The molecule has 2 saturated heterocycles. The Hall–Kier alpha value is -2.99. The fourth-order valence-corrected chi connectivity index (χ4v) is 6.50. The first-order valence-electron chi connectivity index (χ1n) is 14.4. The van der Waals surface area contributed by atoms with Crippen LogP contribution in [-0.4, -0.2) is 143 Å². The van der Waals surface area contributed by atoms with Crippen LogP contribution in [0.15, 0.2) is 48.5 Å². The molecule has 0 aromatic heterocycles. The summed E-state index contributed by atoms with van der Waals surface area (Å²) in [5.41, 5.74) is -0.228. The molecule has 0 radical (unpaired) electrons. The third-order valence-electron chi connectivity index (χ3n) is 7.92. The largest absolute Gasteiger partial charge is 0.394 e. The van der Waals surface area contributed by atoms with Crippen molar-refractivity contribution in [3.05, 3.63) is 59.7 Å². The average Bonchev–Trinajstić information content (AvgIpc) is 3.03. The second-order valence-corrected chi connectivity index (χ2v) is 12.6. The summed E-state index contributed by atoms with van der Waals surface area (Å²) in [6, 6.07) is 10.8. The van der Waals surface area contributed by atoms with Crippen LogP contribution in [0.5, 0.6) is 0 Å². The summed E-state index contributed by atoms with van der Waals surface area (Å²) >= 11 is 0.761. The van der Waals surface area contributed by atoms with Gasteiger partial charge in [-0.15, -0.1) is 0 Å². The Morgan fingerprint density at radius 1 is 0.644 bits per heavy atom. The first-order valence-corrected chi connectivity index (χ1v) is 15.4. The summed E-state index contributed by atoms with van der Waals surface area (Å²) in [7, 11) is 7.42. The predicted octanol–water partition coefficient (Wildman–Crippen LogP) is -1.67. The Bertz CT molecular complexity index is 1190. The van der Waals surface area contributed by atoms with Crippen molar-refractivity contribution in [1.29, 1.82) is 0 Å². The van der Waals surface area contributed by atoms with Crippen molar-refractivity contribution >= 4 is 35.0 Å². The topological polar surface area (TPSA) is 205 Å². The zero-order chi connectivity index (χ0) is 33.0. The zero-order valence-electron chi connectivity index (χ0n) is 25.4. The monoisotopic (exact) mass is 650 g/mol. The smallest absolute Gasteiger partial charge is 0.251 e. The Kier molecular flexibility index (Phi) is 11.7. The van der Waals surface area contributed by atoms with Crippen LogP contribution in [0.3, 0.4) is 0 Å². The maximum Gasteiger partial charge on any atom is 0.251 e. The molecular weight excluding hydrogens is 608 g/mol. The summed E-state index contributed by atoms with van der Waals surface area (Å²) in [5, 5.41) is 69.1. The zero-order valence-corrected chi connectivity index (χ0v) is 26.2. The molecule has 248 valence electrons. The Morgan fingerprint density at radius 3 is 1.27 bits per heavy atom. The standard InChI is InChI=1S/C30H42N4O10S/c1-33(2)17-9-5-15(6-10-17)27(41)31-21-23(37)19(13-35)43-29(25(21)39)45-30-26(40)22(24(38)20(14-36)44-30)32-28(42)16-7-11-18(12-8-16)34(3)4/h5-12,19-26,29-30,35-40H,13-14H2,1-4H3,(H,31,41)(H,32,42)/t19-,20+,21-,22?,23-,24-,25+,26?,29?,30?/m0/s1. The molecule has 2 aliphatic heterocycles. The molecule has 2 aromatic rings. The number of nitrogens with zero attached hydrogens (tertiary/aromatic N) is 2. The van der Waals surface area contributed by atoms with Crippen molar-refractivity contribution < 1.29 is 49.7 Å². The predicted molar refractivity (Wildman–Crippen MR) is 167 cm³/mol. The lowest BCUT2D eigenvalue weighted by Crippen LogP contribution is -2.66. The van der Waals surface area contributed by atoms with E-state index in [-0.39, 0.29) is 11.1 Å². The van der Waals surface area contributed by atoms with Crippen molar-refractivity contribution in [2.75, 3.05) is 51.2 Å². The van der Waals surface area contributed by atoms with Crippen LogP contribution in [0.4, 0.5) is 11.4 Å². The third-order valence-corrected chi connectivity index (χ3v) is 9.24. The molecule has 2 aromatic carbocycles. The quantitative estimate of drug-likeness (QED) is 0.145. The van der Waals surface area contributed by atoms with E-state index in [2.05, 4.69) is 10.6 Å². The normalized spacial score (nSPS) is 31.6. The van der Waals surface area contributed by atoms with Crippen LogP contribution in [-0.2, 0) is 9.47 Å². The van der Waals surface area contributed by atoms with Gasteiger partial charge in [-0.3, -0.25) is 9.59 Å². The van der Waals surface area contributed by atoms with E-state index in [0.29, 0.717) is 0 Å². The van der Waals surface area contributed by atoms with Crippen LogP contribution in [0.2, 0.25) is 0 Å². The fraction of sp³-hybridized carbons (Fsp3) is 0.533. The molecule has 45 heavy (non-hydrogen) atoms. The van der Waals surface area contributed by atoms with Crippen LogP contribution in [0, 0.1) is 0 Å². The van der Waals surface area contributed by atoms with Gasteiger partial charge < -0.3 is 60.5 Å². The first kappa shape index (κ1) is 34.9. The number of benzene rings is 2. The van der Waals surface area contributed by atoms with Gasteiger partial charge >= 0.3 is 0 Å². The van der Waals surface area contributed by atoms with Gasteiger partial charge in [0, 0.05) is 50.7 Å². The number of hydrogen-bond donors (Lipinski definition) is 8. The van der Waals surface area contributed by atoms with Crippen molar-refractivity contribution in [3.8, 4) is 0 Å². The molecule has 4 unspecified atom stereocenters. The van der Waals surface area contributed by atoms with Gasteiger partial charge in [0.2, 0.25) is 0 Å². The van der Waals surface area contributed by atoms with Crippen molar-refractivity contribution in [3.63, 3.8) is 0 Å². The lowest BCUT2D eigenvalue weighted by atomic mass is 9.96. The summed E-state index contributed by atoms with van der Waals surface area (Å²) in [6.45, 7) is -1.29. The molecule has 10 atom stereocenters. The minimum atomic E-state index is -1.55. The minimum Gasteiger partial charge on any atom is -0.394 e. The molecule has 2 amide bonds. The highest BCUT2D eigenvalue weighted by Gasteiger charge is 2.50. The number of anilines is 2. The van der Waals surface area contributed by atoms with Crippen molar-refractivity contribution in [2.24, 2.45) is 0 Å². The number of aliphatic hydroxyl groups excluding tert-OH is 6. The van der Waals surface area contributed by atoms with Crippen LogP contribution < -0.4 is 20.4 Å². The number of rotatable bonds is 10. The van der Waals surface area contributed by atoms with E-state index >= 15 is 0 Å². The number of hydrogen-bond acceptors (Lipinski definition) is 13. The molecule has 8 N–H and O–H groups in total. The summed E-state index contributed by atoms with van der Waals surface area (Å²) in [4.78, 5) is 29.8. The number of nitrogens with one attached hydrogen (secondary N) is 2. The van der Waals surface area contributed by atoms with E-state index in [1.807, 2.05) is 38.0 Å². The van der Waals surface area contributed by atoms with Gasteiger partial charge in [-0.05, 0) is 48.5 Å². The van der Waals surface area contributed by atoms with Gasteiger partial charge in [-0.1, -0.05) is 11.8 Å². The molecule has 0 saturated carbocycles. The number of carbonyl (C=O) groups is 2. The molecule has 0 bridgehead atoms. The molecule has 14 nitrogen and oxygen atoms in total. The lowest BCUT2D eigenvalue weighted by Gasteiger charge is -2.46. The Labute approximate surface area is 265 Å². The minimum absolute atomic E-state index is 0.275. The van der Waals surface area contributed by atoms with Crippen molar-refractivity contribution in [2.45, 2.75) is 59.6 Å². The highest BCUT2D eigenvalue weighted by molar-refractivity contribution is 8.00. The number of carbonyl (C=O) groups excluding carboxylic acids is 2. The van der Waals surface area contributed by atoms with Crippen molar-refractivity contribution in [1.82, 2.24) is 10.6 Å². The Balaban J connectivity index is 1.49. The maximum absolute atomic E-state index is 13.0. The molecule has 2 aliphatic rings. The maximum atomic E-state index is 13.0. The number of thioether (sulfide) groups is 1. The van der Waals surface area contributed by atoms with Crippen LogP contribution >= 0.6 is 11.8 Å². The highest BCUT2D eigenvalue weighted by Crippen LogP contribution is 2.37. The highest BCUT2D eigenvalue weighted by atomic mass is 32.2. The SMILES string of the molecule is CN(C)c1ccc(C(=O)NC2C(O)C(SC3O[C@@H](CO)[C@H](O)[C@H](NC(=O)c4ccc(N(C)C)cc4)[C@H]3O)O[C@H](CO)[C@@H]2O)cc1. The van der Waals surface area contributed by atoms with Gasteiger partial charge in [0.15, 0.2) is 0 Å². The lowest BCUT2D eigenvalue weighted by molar-refractivity contribution is -0.175. The van der Waals surface area contributed by atoms with Gasteiger partial charge in [0.05, 0.1) is 25.3 Å². The molecular formula is C30H42N4O10S. The molecule has 4 rings (SSSR count). The number of amides is 2. The molecule has 0 spiro atoms.